The third kappa shape index (κ3) is 4.34. The molecule has 1 aromatic rings. The van der Waals surface area contributed by atoms with Crippen LogP contribution < -0.4 is 5.32 Å². The van der Waals surface area contributed by atoms with Crippen LogP contribution in [-0.2, 0) is 4.74 Å². The molecule has 0 bridgehead atoms. The summed E-state index contributed by atoms with van der Waals surface area (Å²) in [5, 5.41) is 2.17. The number of nitrogens with one attached hydrogen (secondary N) is 1. The van der Waals surface area contributed by atoms with Gasteiger partial charge < -0.3 is 10.1 Å². The van der Waals surface area contributed by atoms with E-state index in [9.17, 15) is 18.0 Å². The average molecular weight is 247 g/mol. The van der Waals surface area contributed by atoms with Crippen LogP contribution in [0.2, 0.25) is 0 Å². The van der Waals surface area contributed by atoms with Crippen molar-refractivity contribution in [2.24, 2.45) is 0 Å². The maximum atomic E-state index is 12.0. The van der Waals surface area contributed by atoms with Gasteiger partial charge in [0.1, 0.15) is 6.54 Å². The Kier molecular flexibility index (Phi) is 4.37. The molecule has 1 aromatic carbocycles. The Morgan fingerprint density at radius 3 is 2.59 bits per heavy atom. The van der Waals surface area contributed by atoms with Gasteiger partial charge in [-0.25, -0.2) is 4.79 Å². The van der Waals surface area contributed by atoms with Crippen LogP contribution >= 0.6 is 0 Å². The molecular weight excluding hydrogens is 235 g/mol. The first-order valence-corrected chi connectivity index (χ1v) is 5.01. The molecule has 0 aromatic heterocycles. The molecule has 0 saturated heterocycles. The van der Waals surface area contributed by atoms with E-state index in [1.165, 1.54) is 12.1 Å². The first-order chi connectivity index (χ1) is 7.94. The summed E-state index contributed by atoms with van der Waals surface area (Å²) in [5.41, 5.74) is 0.210. The topological polar surface area (TPSA) is 38.3 Å². The average Bonchev–Trinajstić information content (AvgIpc) is 2.26. The lowest BCUT2D eigenvalue weighted by molar-refractivity contribution is -0.115. The number of alkyl halides is 3. The summed E-state index contributed by atoms with van der Waals surface area (Å²) in [6.07, 6.45) is -4.33. The van der Waals surface area contributed by atoms with E-state index in [1.807, 2.05) is 0 Å². The molecule has 0 fully saturated rings. The van der Waals surface area contributed by atoms with Gasteiger partial charge >= 0.3 is 12.1 Å². The molecule has 17 heavy (non-hydrogen) atoms. The molecule has 1 N–H and O–H groups in total. The van der Waals surface area contributed by atoms with Gasteiger partial charge in [0.2, 0.25) is 0 Å². The number of carbonyl (C=O) groups excluding carboxylic acids is 1. The van der Waals surface area contributed by atoms with Crippen LogP contribution in [-0.4, -0.2) is 25.3 Å². The quantitative estimate of drug-likeness (QED) is 0.831. The second kappa shape index (κ2) is 5.56. The number of carbonyl (C=O) groups is 1. The predicted molar refractivity (Wildman–Crippen MR) is 56.9 cm³/mol. The van der Waals surface area contributed by atoms with Crippen LogP contribution in [0, 0.1) is 0 Å². The number of ether oxygens (including phenoxy) is 1. The van der Waals surface area contributed by atoms with Gasteiger partial charge in [-0.3, -0.25) is 0 Å². The summed E-state index contributed by atoms with van der Waals surface area (Å²) in [6.45, 7) is 0.611. The largest absolute Gasteiger partial charge is 0.462 e. The smallest absolute Gasteiger partial charge is 0.405 e. The number of halogens is 3. The van der Waals surface area contributed by atoms with Crippen LogP contribution in [0.1, 0.15) is 17.3 Å². The first-order valence-electron chi connectivity index (χ1n) is 5.01. The molecule has 0 atom stereocenters. The Morgan fingerprint density at radius 2 is 2.00 bits per heavy atom. The zero-order valence-corrected chi connectivity index (χ0v) is 9.17. The van der Waals surface area contributed by atoms with Crippen molar-refractivity contribution in [3.63, 3.8) is 0 Å². The van der Waals surface area contributed by atoms with Crippen molar-refractivity contribution >= 4 is 11.7 Å². The van der Waals surface area contributed by atoms with Crippen molar-refractivity contribution < 1.29 is 22.7 Å². The monoisotopic (exact) mass is 247 g/mol. The van der Waals surface area contributed by atoms with E-state index in [-0.39, 0.29) is 17.9 Å². The number of hydrogen-bond acceptors (Lipinski definition) is 3. The van der Waals surface area contributed by atoms with E-state index in [4.69, 9.17) is 4.74 Å². The molecule has 0 aliphatic heterocycles. The van der Waals surface area contributed by atoms with Gasteiger partial charge in [0.25, 0.3) is 0 Å². The van der Waals surface area contributed by atoms with Crippen molar-refractivity contribution in [2.45, 2.75) is 13.1 Å². The third-order valence-electron chi connectivity index (χ3n) is 1.90. The molecule has 1 rings (SSSR count). The number of para-hydroxylation sites is 1. The van der Waals surface area contributed by atoms with E-state index in [0.717, 1.165) is 0 Å². The van der Waals surface area contributed by atoms with Crippen molar-refractivity contribution in [1.29, 1.82) is 0 Å². The fourth-order valence-corrected chi connectivity index (χ4v) is 1.22. The molecule has 0 radical (unpaired) electrons. The van der Waals surface area contributed by atoms with Gasteiger partial charge in [-0.05, 0) is 19.1 Å². The van der Waals surface area contributed by atoms with Crippen molar-refractivity contribution in [3.05, 3.63) is 29.8 Å². The molecule has 94 valence electrons. The molecular formula is C11H12F3NO2. The maximum absolute atomic E-state index is 12.0. The number of anilines is 1. The zero-order chi connectivity index (χ0) is 12.9. The molecule has 0 unspecified atom stereocenters. The zero-order valence-electron chi connectivity index (χ0n) is 9.17. The standard InChI is InChI=1S/C11H12F3NO2/c1-2-17-10(16)8-5-3-4-6-9(8)15-7-11(12,13)14/h3-6,15H,2,7H2,1H3. The predicted octanol–water partition coefficient (Wildman–Crippen LogP) is 2.84. The Bertz CT molecular complexity index is 391. The van der Waals surface area contributed by atoms with Crippen LogP contribution in [0.15, 0.2) is 24.3 Å². The Morgan fingerprint density at radius 1 is 1.35 bits per heavy atom. The summed E-state index contributed by atoms with van der Waals surface area (Å²) in [4.78, 5) is 11.4. The molecule has 0 heterocycles. The lowest BCUT2D eigenvalue weighted by Gasteiger charge is -2.12. The van der Waals surface area contributed by atoms with Gasteiger partial charge in [-0.2, -0.15) is 13.2 Å². The van der Waals surface area contributed by atoms with E-state index >= 15 is 0 Å². The van der Waals surface area contributed by atoms with Crippen molar-refractivity contribution in [2.75, 3.05) is 18.5 Å². The fraction of sp³-hybridized carbons (Fsp3) is 0.364. The van der Waals surface area contributed by atoms with Crippen LogP contribution in [0.3, 0.4) is 0 Å². The van der Waals surface area contributed by atoms with Gasteiger partial charge in [0.15, 0.2) is 0 Å². The molecule has 6 heteroatoms. The van der Waals surface area contributed by atoms with Crippen LogP contribution in [0.4, 0.5) is 18.9 Å². The first kappa shape index (κ1) is 13.3. The van der Waals surface area contributed by atoms with E-state index in [2.05, 4.69) is 5.32 Å². The number of rotatable bonds is 4. The lowest BCUT2D eigenvalue weighted by atomic mass is 10.2. The Labute approximate surface area is 96.6 Å². The lowest BCUT2D eigenvalue weighted by Crippen LogP contribution is -2.22. The third-order valence-corrected chi connectivity index (χ3v) is 1.90. The maximum Gasteiger partial charge on any atom is 0.405 e. The van der Waals surface area contributed by atoms with Gasteiger partial charge in [-0.15, -0.1) is 0 Å². The molecule has 0 aliphatic carbocycles. The second-order valence-electron chi connectivity index (χ2n) is 3.23. The van der Waals surface area contributed by atoms with Crippen LogP contribution in [0.5, 0.6) is 0 Å². The number of esters is 1. The Hall–Kier alpha value is -1.72. The minimum absolute atomic E-state index is 0.0959. The summed E-state index contributed by atoms with van der Waals surface area (Å²) in [7, 11) is 0. The van der Waals surface area contributed by atoms with Gasteiger partial charge in [0.05, 0.1) is 12.2 Å². The highest BCUT2D eigenvalue weighted by atomic mass is 19.4. The SMILES string of the molecule is CCOC(=O)c1ccccc1NCC(F)(F)F. The van der Waals surface area contributed by atoms with Crippen molar-refractivity contribution in [3.8, 4) is 0 Å². The number of hydrogen-bond donors (Lipinski definition) is 1. The molecule has 0 amide bonds. The highest BCUT2D eigenvalue weighted by Gasteiger charge is 2.27. The van der Waals surface area contributed by atoms with E-state index in [1.54, 1.807) is 19.1 Å². The van der Waals surface area contributed by atoms with Crippen LogP contribution in [0.25, 0.3) is 0 Å². The van der Waals surface area contributed by atoms with Crippen molar-refractivity contribution in [1.82, 2.24) is 0 Å². The summed E-state index contributed by atoms with van der Waals surface area (Å²) in [6, 6.07) is 5.92. The molecule has 0 spiro atoms. The van der Waals surface area contributed by atoms with E-state index < -0.39 is 18.7 Å². The highest BCUT2D eigenvalue weighted by molar-refractivity contribution is 5.95. The van der Waals surface area contributed by atoms with Gasteiger partial charge in [0, 0.05) is 5.69 Å². The normalized spacial score (nSPS) is 11.1. The van der Waals surface area contributed by atoms with Gasteiger partial charge in [-0.1, -0.05) is 12.1 Å². The minimum atomic E-state index is -4.33. The molecule has 3 nitrogen and oxygen atoms in total. The fourth-order valence-electron chi connectivity index (χ4n) is 1.22. The second-order valence-corrected chi connectivity index (χ2v) is 3.23. The van der Waals surface area contributed by atoms with E-state index in [0.29, 0.717) is 0 Å². The minimum Gasteiger partial charge on any atom is -0.462 e. The Balaban J connectivity index is 2.81. The summed E-state index contributed by atoms with van der Waals surface area (Å²) in [5.74, 6) is -0.641. The summed E-state index contributed by atoms with van der Waals surface area (Å²) < 4.78 is 40.9. The highest BCUT2D eigenvalue weighted by Crippen LogP contribution is 2.20. The number of benzene rings is 1. The summed E-state index contributed by atoms with van der Waals surface area (Å²) >= 11 is 0. The molecule has 0 aliphatic rings. The molecule has 0 saturated carbocycles.